The molecule has 0 radical (unpaired) electrons. The molecule has 0 bridgehead atoms. The van der Waals surface area contributed by atoms with E-state index in [4.69, 9.17) is 14.2 Å². The number of anilines is 1. The van der Waals surface area contributed by atoms with Crippen LogP contribution in [0.5, 0.6) is 17.2 Å². The second-order valence-electron chi connectivity index (χ2n) is 10.8. The van der Waals surface area contributed by atoms with Gasteiger partial charge in [0, 0.05) is 11.3 Å². The number of fused-ring (bicyclic) bond motifs is 1. The first-order chi connectivity index (χ1) is 18.0. The van der Waals surface area contributed by atoms with Crippen molar-refractivity contribution < 1.29 is 28.9 Å². The van der Waals surface area contributed by atoms with Crippen LogP contribution < -0.4 is 19.1 Å². The number of Topliss-reactive ketones (excluding diaryl/α,β-unsaturated/α-hetero) is 1. The van der Waals surface area contributed by atoms with Crippen LogP contribution in [0.15, 0.2) is 72.3 Å². The summed E-state index contributed by atoms with van der Waals surface area (Å²) in [5.41, 5.74) is 2.66. The van der Waals surface area contributed by atoms with Crippen molar-refractivity contribution in [1.82, 2.24) is 0 Å². The molecule has 3 aromatic carbocycles. The molecule has 3 aromatic rings. The van der Waals surface area contributed by atoms with Gasteiger partial charge in [0.2, 0.25) is 6.79 Å². The average Bonchev–Trinajstić information content (AvgIpc) is 3.45. The highest BCUT2D eigenvalue weighted by Crippen LogP contribution is 2.44. The maximum absolute atomic E-state index is 13.5. The van der Waals surface area contributed by atoms with Gasteiger partial charge in [-0.1, -0.05) is 45.0 Å². The molecule has 38 heavy (non-hydrogen) atoms. The van der Waals surface area contributed by atoms with Crippen molar-refractivity contribution in [2.24, 2.45) is 0 Å². The number of ether oxygens (including phenoxy) is 3. The number of hydrogen-bond donors (Lipinski definition) is 1. The maximum atomic E-state index is 13.5. The van der Waals surface area contributed by atoms with Crippen LogP contribution in [0.1, 0.15) is 57.4 Å². The summed E-state index contributed by atoms with van der Waals surface area (Å²) in [6.07, 6.45) is -0.00175. The molecule has 0 spiro atoms. The fraction of sp³-hybridized carbons (Fsp3) is 0.290. The Morgan fingerprint density at radius 1 is 0.947 bits per heavy atom. The molecule has 0 saturated carbocycles. The molecule has 1 saturated heterocycles. The molecular weight excluding hydrogens is 482 g/mol. The minimum atomic E-state index is -0.827. The van der Waals surface area contributed by atoms with Gasteiger partial charge in [-0.15, -0.1) is 0 Å². The Morgan fingerprint density at radius 3 is 2.24 bits per heavy atom. The van der Waals surface area contributed by atoms with Crippen molar-refractivity contribution in [2.45, 2.75) is 52.2 Å². The number of benzene rings is 3. The minimum absolute atomic E-state index is 0.00175. The number of rotatable bonds is 5. The van der Waals surface area contributed by atoms with Crippen LogP contribution in [0, 0.1) is 0 Å². The molecule has 1 atom stereocenters. The summed E-state index contributed by atoms with van der Waals surface area (Å²) in [4.78, 5) is 28.4. The van der Waals surface area contributed by atoms with Gasteiger partial charge >= 0.3 is 0 Å². The van der Waals surface area contributed by atoms with Gasteiger partial charge in [0.25, 0.3) is 11.7 Å². The summed E-state index contributed by atoms with van der Waals surface area (Å²) in [7, 11) is 0. The number of aliphatic hydroxyl groups is 1. The van der Waals surface area contributed by atoms with E-state index in [2.05, 4.69) is 20.8 Å². The van der Waals surface area contributed by atoms with Gasteiger partial charge in [-0.05, 0) is 72.9 Å². The SMILES string of the molecule is CC(C)Oc1ccc(N2C(=O)C(=O)/C(=C(\O)c3ccc4c(c3)OCO4)C2c2ccc(C(C)(C)C)cc2)cc1. The van der Waals surface area contributed by atoms with E-state index in [1.54, 1.807) is 42.5 Å². The molecule has 2 aliphatic rings. The number of nitrogens with zero attached hydrogens (tertiary/aromatic N) is 1. The van der Waals surface area contributed by atoms with Crippen LogP contribution in [0.4, 0.5) is 5.69 Å². The zero-order valence-corrected chi connectivity index (χ0v) is 22.1. The van der Waals surface area contributed by atoms with E-state index in [9.17, 15) is 14.7 Å². The summed E-state index contributed by atoms with van der Waals surface area (Å²) < 4.78 is 16.6. The second kappa shape index (κ2) is 9.56. The Bertz CT molecular complexity index is 1410. The third-order valence-corrected chi connectivity index (χ3v) is 6.67. The van der Waals surface area contributed by atoms with Gasteiger partial charge in [-0.2, -0.15) is 0 Å². The average molecular weight is 514 g/mol. The number of hydrogen-bond acceptors (Lipinski definition) is 6. The summed E-state index contributed by atoms with van der Waals surface area (Å²) in [6.45, 7) is 10.3. The van der Waals surface area contributed by atoms with Crippen LogP contribution in [0.3, 0.4) is 0 Å². The smallest absolute Gasteiger partial charge is 0.300 e. The van der Waals surface area contributed by atoms with Crippen molar-refractivity contribution >= 4 is 23.1 Å². The van der Waals surface area contributed by atoms with Crippen molar-refractivity contribution in [3.8, 4) is 17.2 Å². The Balaban J connectivity index is 1.64. The van der Waals surface area contributed by atoms with Crippen LogP contribution in [-0.2, 0) is 15.0 Å². The molecule has 1 N–H and O–H groups in total. The molecular formula is C31H31NO6. The number of amides is 1. The Morgan fingerprint density at radius 2 is 1.61 bits per heavy atom. The number of ketones is 1. The molecule has 2 aliphatic heterocycles. The van der Waals surface area contributed by atoms with Gasteiger partial charge < -0.3 is 19.3 Å². The van der Waals surface area contributed by atoms with Crippen molar-refractivity contribution in [2.75, 3.05) is 11.7 Å². The standard InChI is InChI=1S/C31H31NO6/c1-18(2)38-23-13-11-22(12-14-23)32-27(19-6-9-21(10-7-19)31(3,4)5)26(29(34)30(32)35)28(33)20-8-15-24-25(16-20)37-17-36-24/h6-16,18,27,33H,17H2,1-5H3/b28-26-. The third kappa shape index (κ3) is 4.60. The lowest BCUT2D eigenvalue weighted by Gasteiger charge is -2.27. The Hall–Kier alpha value is -4.26. The molecule has 0 aliphatic carbocycles. The van der Waals surface area contributed by atoms with E-state index in [0.717, 1.165) is 5.56 Å². The lowest BCUT2D eigenvalue weighted by atomic mass is 9.85. The first-order valence-electron chi connectivity index (χ1n) is 12.6. The van der Waals surface area contributed by atoms with E-state index < -0.39 is 17.7 Å². The first kappa shape index (κ1) is 25.4. The van der Waals surface area contributed by atoms with Gasteiger partial charge in [0.1, 0.15) is 11.5 Å². The van der Waals surface area contributed by atoms with Crippen LogP contribution in [0.2, 0.25) is 0 Å². The van der Waals surface area contributed by atoms with Gasteiger partial charge in [-0.3, -0.25) is 14.5 Å². The molecule has 1 amide bonds. The van der Waals surface area contributed by atoms with Crippen LogP contribution >= 0.6 is 0 Å². The Labute approximate surface area is 222 Å². The monoisotopic (exact) mass is 513 g/mol. The van der Waals surface area contributed by atoms with Crippen molar-refractivity contribution in [3.63, 3.8) is 0 Å². The highest BCUT2D eigenvalue weighted by Gasteiger charge is 2.47. The summed E-state index contributed by atoms with van der Waals surface area (Å²) in [5.74, 6) is -0.0574. The number of carbonyl (C=O) groups is 2. The van der Waals surface area contributed by atoms with Crippen molar-refractivity contribution in [1.29, 1.82) is 0 Å². The molecule has 7 nitrogen and oxygen atoms in total. The van der Waals surface area contributed by atoms with E-state index in [1.807, 2.05) is 38.1 Å². The molecule has 7 heteroatoms. The fourth-order valence-electron chi connectivity index (χ4n) is 4.74. The van der Waals surface area contributed by atoms with E-state index in [-0.39, 0.29) is 29.6 Å². The molecule has 196 valence electrons. The van der Waals surface area contributed by atoms with Crippen LogP contribution in [-0.4, -0.2) is 29.7 Å². The van der Waals surface area contributed by atoms with Gasteiger partial charge in [0.15, 0.2) is 11.5 Å². The highest BCUT2D eigenvalue weighted by molar-refractivity contribution is 6.51. The first-order valence-corrected chi connectivity index (χ1v) is 12.6. The number of aliphatic hydroxyl groups excluding tert-OH is 1. The highest BCUT2D eigenvalue weighted by atomic mass is 16.7. The lowest BCUT2D eigenvalue weighted by Crippen LogP contribution is -2.29. The summed E-state index contributed by atoms with van der Waals surface area (Å²) in [6, 6.07) is 19.0. The zero-order valence-electron chi connectivity index (χ0n) is 22.1. The molecule has 1 fully saturated rings. The van der Waals surface area contributed by atoms with E-state index in [0.29, 0.717) is 34.1 Å². The quantitative estimate of drug-likeness (QED) is 0.251. The predicted octanol–water partition coefficient (Wildman–Crippen LogP) is 6.13. The maximum Gasteiger partial charge on any atom is 0.300 e. The summed E-state index contributed by atoms with van der Waals surface area (Å²) >= 11 is 0. The topological polar surface area (TPSA) is 85.3 Å². The third-order valence-electron chi connectivity index (χ3n) is 6.67. The fourth-order valence-corrected chi connectivity index (χ4v) is 4.74. The van der Waals surface area contributed by atoms with Crippen molar-refractivity contribution in [3.05, 3.63) is 89.0 Å². The van der Waals surface area contributed by atoms with Gasteiger partial charge in [0.05, 0.1) is 17.7 Å². The van der Waals surface area contributed by atoms with Gasteiger partial charge in [-0.25, -0.2) is 0 Å². The largest absolute Gasteiger partial charge is 0.507 e. The van der Waals surface area contributed by atoms with Crippen LogP contribution in [0.25, 0.3) is 5.76 Å². The van der Waals surface area contributed by atoms with E-state index >= 15 is 0 Å². The minimum Gasteiger partial charge on any atom is -0.507 e. The van der Waals surface area contributed by atoms with E-state index in [1.165, 1.54) is 4.90 Å². The number of carbonyl (C=O) groups excluding carboxylic acids is 2. The molecule has 5 rings (SSSR count). The Kier molecular flexibility index (Phi) is 6.39. The molecule has 0 aromatic heterocycles. The molecule has 2 heterocycles. The lowest BCUT2D eigenvalue weighted by molar-refractivity contribution is -0.132. The summed E-state index contributed by atoms with van der Waals surface area (Å²) in [5, 5.41) is 11.4. The molecule has 1 unspecified atom stereocenters. The predicted molar refractivity (Wildman–Crippen MR) is 145 cm³/mol. The zero-order chi connectivity index (χ0) is 27.2. The normalized spacial score (nSPS) is 18.4. The second-order valence-corrected chi connectivity index (χ2v) is 10.8.